The third kappa shape index (κ3) is 4.11. The zero-order valence-corrected chi connectivity index (χ0v) is 13.7. The molecule has 0 aliphatic rings. The molecule has 7 nitrogen and oxygen atoms in total. The van der Waals surface area contributed by atoms with Crippen LogP contribution in [-0.2, 0) is 10.0 Å². The molecule has 0 N–H and O–H groups in total. The van der Waals surface area contributed by atoms with Gasteiger partial charge < -0.3 is 9.47 Å². The minimum Gasteiger partial charge on any atom is -0.481 e. The van der Waals surface area contributed by atoms with E-state index in [1.165, 1.54) is 26.3 Å². The Morgan fingerprint density at radius 3 is 2.30 bits per heavy atom. The number of nitrogens with zero attached hydrogens (tertiary/aromatic N) is 3. The van der Waals surface area contributed by atoms with Crippen LogP contribution < -0.4 is 13.8 Å². The van der Waals surface area contributed by atoms with Gasteiger partial charge in [0.15, 0.2) is 0 Å². The first kappa shape index (κ1) is 16.6. The molecule has 2 aromatic rings. The SMILES string of the molecule is COc1cc(C#N)cc(Oc2ccc(N(C)S(C)(=O)=O)cc2)n1. The molecule has 0 saturated carbocycles. The van der Waals surface area contributed by atoms with Gasteiger partial charge in [-0.1, -0.05) is 0 Å². The molecular weight excluding hydrogens is 318 g/mol. The van der Waals surface area contributed by atoms with Crippen LogP contribution in [0.2, 0.25) is 0 Å². The standard InChI is InChI=1S/C15H15N3O4S/c1-18(23(3,19)20)12-4-6-13(7-5-12)22-15-9-11(10-16)8-14(17-15)21-2/h4-9H,1-3H3. The molecule has 0 bridgehead atoms. The molecule has 0 saturated heterocycles. The number of hydrogen-bond acceptors (Lipinski definition) is 6. The van der Waals surface area contributed by atoms with Gasteiger partial charge in [0.1, 0.15) is 5.75 Å². The Bertz CT molecular complexity index is 842. The summed E-state index contributed by atoms with van der Waals surface area (Å²) in [5, 5.41) is 8.97. The highest BCUT2D eigenvalue weighted by Gasteiger charge is 2.12. The summed E-state index contributed by atoms with van der Waals surface area (Å²) in [4.78, 5) is 4.09. The number of benzene rings is 1. The van der Waals surface area contributed by atoms with Crippen LogP contribution in [0.25, 0.3) is 0 Å². The third-order valence-electron chi connectivity index (χ3n) is 3.04. The van der Waals surface area contributed by atoms with Crippen molar-refractivity contribution in [2.24, 2.45) is 0 Å². The molecular formula is C15H15N3O4S. The van der Waals surface area contributed by atoms with Crippen molar-refractivity contribution in [3.8, 4) is 23.6 Å². The summed E-state index contributed by atoms with van der Waals surface area (Å²) in [5.74, 6) is 0.942. The van der Waals surface area contributed by atoms with Crippen LogP contribution in [0, 0.1) is 11.3 Å². The van der Waals surface area contributed by atoms with E-state index in [0.29, 0.717) is 17.0 Å². The fourth-order valence-electron chi connectivity index (χ4n) is 1.74. The van der Waals surface area contributed by atoms with Gasteiger partial charge in [-0.3, -0.25) is 4.31 Å². The molecule has 1 aromatic carbocycles. The van der Waals surface area contributed by atoms with Crippen LogP contribution in [0.1, 0.15) is 5.56 Å². The Morgan fingerprint density at radius 2 is 1.78 bits per heavy atom. The van der Waals surface area contributed by atoms with Crippen LogP contribution in [0.4, 0.5) is 5.69 Å². The van der Waals surface area contributed by atoms with Gasteiger partial charge in [0.25, 0.3) is 0 Å². The lowest BCUT2D eigenvalue weighted by atomic mass is 10.3. The molecule has 0 amide bonds. The van der Waals surface area contributed by atoms with Gasteiger partial charge in [0.2, 0.25) is 21.8 Å². The van der Waals surface area contributed by atoms with E-state index in [1.54, 1.807) is 24.3 Å². The topological polar surface area (TPSA) is 92.5 Å². The van der Waals surface area contributed by atoms with Crippen LogP contribution in [0.5, 0.6) is 17.5 Å². The fourth-order valence-corrected chi connectivity index (χ4v) is 2.24. The first-order valence-corrected chi connectivity index (χ1v) is 8.36. The lowest BCUT2D eigenvalue weighted by Gasteiger charge is -2.16. The number of hydrogen-bond donors (Lipinski definition) is 0. The molecule has 0 unspecified atom stereocenters. The summed E-state index contributed by atoms with van der Waals surface area (Å²) in [6, 6.07) is 11.4. The van der Waals surface area contributed by atoms with Crippen molar-refractivity contribution in [2.75, 3.05) is 24.7 Å². The molecule has 2 rings (SSSR count). The Labute approximate surface area is 134 Å². The summed E-state index contributed by atoms with van der Waals surface area (Å²) in [6.07, 6.45) is 1.13. The maximum Gasteiger partial charge on any atom is 0.231 e. The van der Waals surface area contributed by atoms with E-state index in [1.807, 2.05) is 6.07 Å². The maximum atomic E-state index is 11.5. The number of sulfonamides is 1. The predicted molar refractivity (Wildman–Crippen MR) is 85.3 cm³/mol. The monoisotopic (exact) mass is 333 g/mol. The maximum absolute atomic E-state index is 11.5. The minimum absolute atomic E-state index is 0.213. The normalized spacial score (nSPS) is 10.7. The van der Waals surface area contributed by atoms with E-state index < -0.39 is 10.0 Å². The highest BCUT2D eigenvalue weighted by atomic mass is 32.2. The molecule has 1 heterocycles. The second-order valence-electron chi connectivity index (χ2n) is 4.67. The van der Waals surface area contributed by atoms with E-state index in [4.69, 9.17) is 14.7 Å². The van der Waals surface area contributed by atoms with Crippen LogP contribution in [-0.4, -0.2) is 33.8 Å². The van der Waals surface area contributed by atoms with Crippen molar-refractivity contribution in [1.29, 1.82) is 5.26 Å². The Morgan fingerprint density at radius 1 is 1.17 bits per heavy atom. The highest BCUT2D eigenvalue weighted by Crippen LogP contribution is 2.26. The molecule has 0 atom stereocenters. The van der Waals surface area contributed by atoms with Gasteiger partial charge >= 0.3 is 0 Å². The molecule has 23 heavy (non-hydrogen) atoms. The van der Waals surface area contributed by atoms with E-state index in [-0.39, 0.29) is 11.8 Å². The van der Waals surface area contributed by atoms with Gasteiger partial charge in [-0.2, -0.15) is 10.2 Å². The number of aromatic nitrogens is 1. The summed E-state index contributed by atoms with van der Waals surface area (Å²) in [5.41, 5.74) is 0.872. The third-order valence-corrected chi connectivity index (χ3v) is 4.24. The van der Waals surface area contributed by atoms with Crippen LogP contribution >= 0.6 is 0 Å². The van der Waals surface area contributed by atoms with Gasteiger partial charge in [-0.25, -0.2) is 8.42 Å². The average molecular weight is 333 g/mol. The summed E-state index contributed by atoms with van der Waals surface area (Å²) in [6.45, 7) is 0. The number of anilines is 1. The van der Waals surface area contributed by atoms with Crippen molar-refractivity contribution in [3.63, 3.8) is 0 Å². The zero-order chi connectivity index (χ0) is 17.0. The number of rotatable bonds is 5. The van der Waals surface area contributed by atoms with Gasteiger partial charge in [0, 0.05) is 19.2 Å². The van der Waals surface area contributed by atoms with Crippen LogP contribution in [0.3, 0.4) is 0 Å². The van der Waals surface area contributed by atoms with Crippen molar-refractivity contribution >= 4 is 15.7 Å². The first-order chi connectivity index (χ1) is 10.8. The number of ether oxygens (including phenoxy) is 2. The summed E-state index contributed by atoms with van der Waals surface area (Å²) >= 11 is 0. The second-order valence-corrected chi connectivity index (χ2v) is 6.69. The second kappa shape index (κ2) is 6.54. The van der Waals surface area contributed by atoms with E-state index in [0.717, 1.165) is 10.6 Å². The number of pyridine rings is 1. The largest absolute Gasteiger partial charge is 0.481 e. The quantitative estimate of drug-likeness (QED) is 0.832. The highest BCUT2D eigenvalue weighted by molar-refractivity contribution is 7.92. The summed E-state index contributed by atoms with van der Waals surface area (Å²) in [7, 11) is -0.404. The molecule has 0 fully saturated rings. The minimum atomic E-state index is -3.32. The molecule has 0 aliphatic heterocycles. The molecule has 1 aromatic heterocycles. The lowest BCUT2D eigenvalue weighted by molar-refractivity contribution is 0.383. The van der Waals surface area contributed by atoms with Gasteiger partial charge in [0.05, 0.1) is 30.7 Å². The van der Waals surface area contributed by atoms with Crippen molar-refractivity contribution in [3.05, 3.63) is 42.0 Å². The average Bonchev–Trinajstić information content (AvgIpc) is 2.53. The Kier molecular flexibility index (Phi) is 4.71. The smallest absolute Gasteiger partial charge is 0.231 e. The molecule has 0 radical (unpaired) electrons. The summed E-state index contributed by atoms with van der Waals surface area (Å²) < 4.78 is 34.7. The number of methoxy groups -OCH3 is 1. The van der Waals surface area contributed by atoms with Gasteiger partial charge in [-0.05, 0) is 24.3 Å². The molecule has 120 valence electrons. The molecule has 0 aliphatic carbocycles. The van der Waals surface area contributed by atoms with Crippen molar-refractivity contribution < 1.29 is 17.9 Å². The Balaban J connectivity index is 2.23. The first-order valence-electron chi connectivity index (χ1n) is 6.51. The van der Waals surface area contributed by atoms with E-state index in [9.17, 15) is 8.42 Å². The Hall–Kier alpha value is -2.79. The lowest BCUT2D eigenvalue weighted by Crippen LogP contribution is -2.24. The van der Waals surface area contributed by atoms with Crippen molar-refractivity contribution in [2.45, 2.75) is 0 Å². The molecule has 8 heteroatoms. The predicted octanol–water partition coefficient (Wildman–Crippen LogP) is 2.15. The zero-order valence-electron chi connectivity index (χ0n) is 12.8. The van der Waals surface area contributed by atoms with Crippen molar-refractivity contribution in [1.82, 2.24) is 4.98 Å². The molecule has 0 spiro atoms. The fraction of sp³-hybridized carbons (Fsp3) is 0.200. The van der Waals surface area contributed by atoms with Gasteiger partial charge in [-0.15, -0.1) is 0 Å². The number of nitriles is 1. The van der Waals surface area contributed by atoms with Crippen LogP contribution in [0.15, 0.2) is 36.4 Å². The van der Waals surface area contributed by atoms with E-state index in [2.05, 4.69) is 4.98 Å². The van der Waals surface area contributed by atoms with E-state index >= 15 is 0 Å².